The number of pyridine rings is 1. The number of rotatable bonds is 4. The molecule has 0 spiro atoms. The minimum atomic E-state index is -1.05. The van der Waals surface area contributed by atoms with Crippen LogP contribution < -0.4 is 9.64 Å². The number of ether oxygens (including phenoxy) is 4. The van der Waals surface area contributed by atoms with E-state index in [4.69, 9.17) is 23.9 Å². The average molecular weight is 688 g/mol. The quantitative estimate of drug-likeness (QED) is 0.216. The van der Waals surface area contributed by atoms with Gasteiger partial charge in [-0.3, -0.25) is 4.40 Å². The van der Waals surface area contributed by atoms with Crippen LogP contribution in [0.15, 0.2) is 48.7 Å². The van der Waals surface area contributed by atoms with Crippen molar-refractivity contribution in [3.63, 3.8) is 0 Å². The van der Waals surface area contributed by atoms with Gasteiger partial charge in [-0.15, -0.1) is 0 Å². The second-order valence-electron chi connectivity index (χ2n) is 14.9. The molecule has 7 rings (SSSR count). The van der Waals surface area contributed by atoms with E-state index in [1.54, 1.807) is 6.07 Å². The molecule has 9 nitrogen and oxygen atoms in total. The zero-order valence-electron chi connectivity index (χ0n) is 30.3. The molecular weight excluding hydrogens is 637 g/mol. The van der Waals surface area contributed by atoms with Crippen LogP contribution in [0.5, 0.6) is 5.75 Å². The summed E-state index contributed by atoms with van der Waals surface area (Å²) in [5, 5.41) is 10.8. The molecule has 0 aliphatic carbocycles. The third-order valence-corrected chi connectivity index (χ3v) is 9.92. The van der Waals surface area contributed by atoms with Gasteiger partial charge in [0.25, 0.3) is 0 Å². The van der Waals surface area contributed by atoms with Crippen molar-refractivity contribution in [2.45, 2.75) is 104 Å². The molecular formula is C40H50FN3O6. The highest BCUT2D eigenvalue weighted by Crippen LogP contribution is 2.42. The summed E-state index contributed by atoms with van der Waals surface area (Å²) in [6, 6.07) is 12.5. The van der Waals surface area contributed by atoms with Crippen molar-refractivity contribution in [2.75, 3.05) is 31.7 Å². The van der Waals surface area contributed by atoms with E-state index in [-0.39, 0.29) is 24.1 Å². The molecule has 0 saturated carbocycles. The van der Waals surface area contributed by atoms with Gasteiger partial charge < -0.3 is 29.0 Å². The number of aliphatic hydroxyl groups is 1. The Labute approximate surface area is 294 Å². The number of imidazole rings is 1. The van der Waals surface area contributed by atoms with Gasteiger partial charge in [0.05, 0.1) is 36.7 Å². The Balaban J connectivity index is 1.59. The molecule has 1 saturated heterocycles. The first kappa shape index (κ1) is 35.8. The van der Waals surface area contributed by atoms with Crippen molar-refractivity contribution in [3.05, 3.63) is 71.2 Å². The Hall–Kier alpha value is -3.99. The van der Waals surface area contributed by atoms with Crippen molar-refractivity contribution in [3.8, 4) is 28.1 Å². The number of carbonyl (C=O) groups excluding carboxylic acids is 1. The van der Waals surface area contributed by atoms with Crippen LogP contribution in [0, 0.1) is 12.7 Å². The topological polar surface area (TPSA) is 94.8 Å². The van der Waals surface area contributed by atoms with E-state index in [0.717, 1.165) is 54.6 Å². The maximum absolute atomic E-state index is 14.7. The lowest BCUT2D eigenvalue weighted by molar-refractivity contribution is -0.164. The molecule has 0 radical (unpaired) electrons. The molecule has 3 aliphatic heterocycles. The molecule has 1 fully saturated rings. The van der Waals surface area contributed by atoms with Crippen molar-refractivity contribution < 1.29 is 33.2 Å². The van der Waals surface area contributed by atoms with E-state index in [9.17, 15) is 14.3 Å². The zero-order chi connectivity index (χ0) is 35.8. The monoisotopic (exact) mass is 687 g/mol. The van der Waals surface area contributed by atoms with Gasteiger partial charge in [-0.05, 0) is 109 Å². The van der Waals surface area contributed by atoms with E-state index >= 15 is 0 Å². The minimum Gasteiger partial charge on any atom is -0.490 e. The third kappa shape index (κ3) is 7.38. The molecule has 3 aliphatic rings. The van der Waals surface area contributed by atoms with Gasteiger partial charge in [0.1, 0.15) is 23.0 Å². The Bertz CT molecular complexity index is 1860. The lowest BCUT2D eigenvalue weighted by Crippen LogP contribution is -2.45. The molecule has 4 aromatic rings. The summed E-state index contributed by atoms with van der Waals surface area (Å²) in [5.74, 6) is 0.525. The summed E-state index contributed by atoms with van der Waals surface area (Å²) < 4.78 is 41.4. The number of hydrogen-bond acceptors (Lipinski definition) is 8. The maximum Gasteiger partial charge on any atom is 0.339 e. The number of halogens is 1. The lowest BCUT2D eigenvalue weighted by atomic mass is 9.91. The number of aliphatic hydroxyl groups excluding tert-OH is 1. The van der Waals surface area contributed by atoms with Crippen molar-refractivity contribution in [1.29, 1.82) is 0 Å². The van der Waals surface area contributed by atoms with Gasteiger partial charge in [0.2, 0.25) is 0 Å². The summed E-state index contributed by atoms with van der Waals surface area (Å²) in [5.41, 5.74) is 4.50. The van der Waals surface area contributed by atoms with E-state index < -0.39 is 17.7 Å². The molecule has 0 amide bonds. The van der Waals surface area contributed by atoms with E-state index in [1.165, 1.54) is 19.2 Å². The number of piperidine rings is 1. The summed E-state index contributed by atoms with van der Waals surface area (Å²) >= 11 is 0. The Morgan fingerprint density at radius 1 is 1.14 bits per heavy atom. The Kier molecular flexibility index (Phi) is 10.3. The fourth-order valence-electron chi connectivity index (χ4n) is 7.17. The van der Waals surface area contributed by atoms with Crippen LogP contribution in [0.4, 0.5) is 10.2 Å². The normalized spacial score (nSPS) is 20.7. The summed E-state index contributed by atoms with van der Waals surface area (Å²) in [6.07, 6.45) is 5.10. The van der Waals surface area contributed by atoms with E-state index in [1.807, 2.05) is 69.5 Å². The molecule has 10 heteroatoms. The number of anilines is 1. The highest BCUT2D eigenvalue weighted by Gasteiger charge is 2.38. The Morgan fingerprint density at radius 3 is 2.58 bits per heavy atom. The third-order valence-electron chi connectivity index (χ3n) is 9.92. The van der Waals surface area contributed by atoms with Gasteiger partial charge >= 0.3 is 5.97 Å². The van der Waals surface area contributed by atoms with Crippen LogP contribution in [0.3, 0.4) is 0 Å². The molecule has 6 bridgehead atoms. The standard InChI is InChI=1S/C40H50FN3O6/c1-25-11-8-9-20-48-40(6)16-18-43(19-17-40)37-34(35(38(46)47-7)50-39(3,4)5)26(2)31(24-45)36-42-32(23-44(36)37)28-13-10-12-27(21-28)30-22-29(41)14-15-33(30)49-25/h10,12-15,21-23,25,35,45H,8-9,11,16-20,24H2,1-7H3. The number of nitrogens with zero attached hydrogens (tertiary/aromatic N) is 3. The fraction of sp³-hybridized carbons (Fsp3) is 0.500. The van der Waals surface area contributed by atoms with Gasteiger partial charge in [0.15, 0.2) is 6.10 Å². The van der Waals surface area contributed by atoms with Crippen LogP contribution in [0.25, 0.3) is 28.0 Å². The van der Waals surface area contributed by atoms with Gasteiger partial charge in [-0.2, -0.15) is 0 Å². The van der Waals surface area contributed by atoms with Gasteiger partial charge in [-0.1, -0.05) is 18.2 Å². The number of fused-ring (bicyclic) bond motifs is 8. The molecule has 5 heterocycles. The summed E-state index contributed by atoms with van der Waals surface area (Å²) in [4.78, 5) is 20.9. The Morgan fingerprint density at radius 2 is 1.88 bits per heavy atom. The molecule has 268 valence electrons. The molecule has 1 N–H and O–H groups in total. The van der Waals surface area contributed by atoms with Gasteiger partial charge in [0, 0.05) is 48.1 Å². The number of carbonyl (C=O) groups is 1. The summed E-state index contributed by atoms with van der Waals surface area (Å²) in [6.45, 7) is 13.6. The fourth-order valence-corrected chi connectivity index (χ4v) is 7.17. The number of benzene rings is 2. The highest BCUT2D eigenvalue weighted by atomic mass is 19.1. The molecule has 2 atom stereocenters. The molecule has 2 aromatic heterocycles. The number of methoxy groups -OCH3 is 1. The largest absolute Gasteiger partial charge is 0.490 e. The van der Waals surface area contributed by atoms with Crippen molar-refractivity contribution in [1.82, 2.24) is 9.38 Å². The van der Waals surface area contributed by atoms with Crippen molar-refractivity contribution in [2.24, 2.45) is 0 Å². The molecule has 2 unspecified atom stereocenters. The predicted molar refractivity (Wildman–Crippen MR) is 192 cm³/mol. The molecule has 2 aromatic carbocycles. The minimum absolute atomic E-state index is 0.0610. The highest BCUT2D eigenvalue weighted by molar-refractivity contribution is 5.82. The van der Waals surface area contributed by atoms with Gasteiger partial charge in [-0.25, -0.2) is 14.2 Å². The zero-order valence-corrected chi connectivity index (χ0v) is 30.3. The maximum atomic E-state index is 14.7. The molecule has 50 heavy (non-hydrogen) atoms. The first-order valence-corrected chi connectivity index (χ1v) is 17.7. The number of hydrogen-bond donors (Lipinski definition) is 1. The first-order chi connectivity index (χ1) is 23.8. The van der Waals surface area contributed by atoms with Crippen LogP contribution in [0.2, 0.25) is 0 Å². The van der Waals surface area contributed by atoms with Crippen molar-refractivity contribution >= 4 is 17.4 Å². The summed E-state index contributed by atoms with van der Waals surface area (Å²) in [7, 11) is 1.36. The van der Waals surface area contributed by atoms with Crippen LogP contribution in [-0.4, -0.2) is 64.6 Å². The predicted octanol–water partition coefficient (Wildman–Crippen LogP) is 7.96. The lowest BCUT2D eigenvalue weighted by Gasteiger charge is -2.42. The first-order valence-electron chi connectivity index (χ1n) is 17.7. The number of esters is 1. The SMILES string of the molecule is COC(=O)C(OC(C)(C)C)c1c(C)c(CO)c2nc3cn2c1N1CCC(C)(CC1)OCCCCC(C)Oc1ccc(F)cc1-c1cccc-3c1. The second kappa shape index (κ2) is 14.3. The average Bonchev–Trinajstić information content (AvgIpc) is 3.52. The van der Waals surface area contributed by atoms with Crippen LogP contribution in [0.1, 0.15) is 89.5 Å². The van der Waals surface area contributed by atoms with Crippen LogP contribution >= 0.6 is 0 Å². The van der Waals surface area contributed by atoms with E-state index in [2.05, 4.69) is 11.8 Å². The van der Waals surface area contributed by atoms with Crippen LogP contribution in [-0.2, 0) is 25.6 Å². The van der Waals surface area contributed by atoms with E-state index in [0.29, 0.717) is 53.5 Å². The smallest absolute Gasteiger partial charge is 0.339 e. The second-order valence-corrected chi connectivity index (χ2v) is 14.9. The number of aromatic nitrogens is 2.